The van der Waals surface area contributed by atoms with Gasteiger partial charge in [0.15, 0.2) is 0 Å². The number of carbonyl (C=O) groups is 1. The molecule has 2 heterocycles. The van der Waals surface area contributed by atoms with Crippen LogP contribution in [0.2, 0.25) is 0 Å². The summed E-state index contributed by atoms with van der Waals surface area (Å²) in [4.78, 5) is 19.5. The van der Waals surface area contributed by atoms with Gasteiger partial charge in [0.05, 0.1) is 17.5 Å². The fourth-order valence-corrected chi connectivity index (χ4v) is 2.27. The topological polar surface area (TPSA) is 68.0 Å². The number of pyridine rings is 1. The molecule has 100 valence electrons. The monoisotopic (exact) mass is 267 g/mol. The molecule has 5 heteroatoms. The fraction of sp³-hybridized carbons (Fsp3) is 0.133. The van der Waals surface area contributed by atoms with E-state index in [4.69, 9.17) is 5.11 Å². The lowest BCUT2D eigenvalue weighted by Gasteiger charge is -2.02. The molecule has 0 spiro atoms. The second kappa shape index (κ2) is 4.77. The quantitative estimate of drug-likeness (QED) is 0.790. The van der Waals surface area contributed by atoms with Crippen LogP contribution in [0.5, 0.6) is 0 Å². The number of aryl methyl sites for hydroxylation is 1. The molecule has 0 aliphatic carbocycles. The van der Waals surface area contributed by atoms with Crippen molar-refractivity contribution in [3.8, 4) is 11.4 Å². The first-order valence-electron chi connectivity index (χ1n) is 6.22. The second-order valence-electron chi connectivity index (χ2n) is 4.63. The van der Waals surface area contributed by atoms with E-state index in [0.29, 0.717) is 0 Å². The molecule has 1 N–H and O–H groups in total. The van der Waals surface area contributed by atoms with Crippen LogP contribution < -0.4 is 0 Å². The first-order valence-corrected chi connectivity index (χ1v) is 6.22. The number of carboxylic acid groups (broad SMARTS) is 1. The molecule has 0 aliphatic rings. The summed E-state index contributed by atoms with van der Waals surface area (Å²) in [5, 5.41) is 8.86. The van der Waals surface area contributed by atoms with Crippen molar-refractivity contribution in [2.75, 3.05) is 0 Å². The van der Waals surface area contributed by atoms with E-state index in [0.717, 1.165) is 28.0 Å². The maximum Gasteiger partial charge on any atom is 0.307 e. The predicted octanol–water partition coefficient (Wildman–Crippen LogP) is 2.26. The van der Waals surface area contributed by atoms with Crippen molar-refractivity contribution in [3.05, 3.63) is 48.3 Å². The number of aromatic nitrogens is 3. The zero-order valence-corrected chi connectivity index (χ0v) is 10.9. The number of fused-ring (bicyclic) bond motifs is 1. The van der Waals surface area contributed by atoms with Gasteiger partial charge in [0.2, 0.25) is 0 Å². The molecule has 0 saturated heterocycles. The molecule has 0 unspecified atom stereocenters. The van der Waals surface area contributed by atoms with E-state index in [9.17, 15) is 4.79 Å². The van der Waals surface area contributed by atoms with Gasteiger partial charge >= 0.3 is 5.97 Å². The van der Waals surface area contributed by atoms with Crippen LogP contribution in [0.3, 0.4) is 0 Å². The lowest BCUT2D eigenvalue weighted by molar-refractivity contribution is -0.136. The third-order valence-electron chi connectivity index (χ3n) is 3.22. The number of benzene rings is 1. The molecule has 0 radical (unpaired) electrons. The van der Waals surface area contributed by atoms with Gasteiger partial charge in [-0.05, 0) is 29.8 Å². The highest BCUT2D eigenvalue weighted by atomic mass is 16.4. The van der Waals surface area contributed by atoms with E-state index in [1.165, 1.54) is 0 Å². The highest BCUT2D eigenvalue weighted by Gasteiger charge is 2.11. The Morgan fingerprint density at radius 2 is 2.20 bits per heavy atom. The summed E-state index contributed by atoms with van der Waals surface area (Å²) >= 11 is 0. The number of hydrogen-bond acceptors (Lipinski definition) is 3. The van der Waals surface area contributed by atoms with E-state index in [1.54, 1.807) is 18.5 Å². The van der Waals surface area contributed by atoms with E-state index < -0.39 is 5.97 Å². The predicted molar refractivity (Wildman–Crippen MR) is 75.3 cm³/mol. The Morgan fingerprint density at radius 1 is 1.35 bits per heavy atom. The van der Waals surface area contributed by atoms with Gasteiger partial charge in [-0.1, -0.05) is 6.07 Å². The molecule has 1 aromatic carbocycles. The average Bonchev–Trinajstić information content (AvgIpc) is 2.76. The molecular weight excluding hydrogens is 254 g/mol. The summed E-state index contributed by atoms with van der Waals surface area (Å²) in [5.74, 6) is -0.0143. The highest BCUT2D eigenvalue weighted by Crippen LogP contribution is 2.23. The summed E-state index contributed by atoms with van der Waals surface area (Å²) in [7, 11) is 1.92. The third kappa shape index (κ3) is 2.14. The van der Waals surface area contributed by atoms with E-state index in [-0.39, 0.29) is 6.42 Å². The van der Waals surface area contributed by atoms with Gasteiger partial charge in [-0.3, -0.25) is 9.78 Å². The molecular formula is C15H13N3O2. The lowest BCUT2D eigenvalue weighted by atomic mass is 10.1. The molecule has 20 heavy (non-hydrogen) atoms. The zero-order chi connectivity index (χ0) is 14.1. The van der Waals surface area contributed by atoms with Crippen LogP contribution in [-0.2, 0) is 18.3 Å². The van der Waals surface area contributed by atoms with Gasteiger partial charge in [-0.25, -0.2) is 4.98 Å². The summed E-state index contributed by atoms with van der Waals surface area (Å²) in [6, 6.07) is 9.34. The smallest absolute Gasteiger partial charge is 0.307 e. The van der Waals surface area contributed by atoms with Crippen molar-refractivity contribution in [2.24, 2.45) is 7.05 Å². The summed E-state index contributed by atoms with van der Waals surface area (Å²) in [6.07, 6.45) is 3.50. The van der Waals surface area contributed by atoms with Gasteiger partial charge in [0.25, 0.3) is 0 Å². The highest BCUT2D eigenvalue weighted by molar-refractivity contribution is 5.82. The Morgan fingerprint density at radius 3 is 2.90 bits per heavy atom. The molecule has 5 nitrogen and oxygen atoms in total. The fourth-order valence-electron chi connectivity index (χ4n) is 2.27. The normalized spacial score (nSPS) is 10.8. The zero-order valence-electron chi connectivity index (χ0n) is 10.9. The van der Waals surface area contributed by atoms with Crippen LogP contribution in [0, 0.1) is 0 Å². The molecule has 0 saturated carbocycles. The molecule has 0 amide bonds. The third-order valence-corrected chi connectivity index (χ3v) is 3.22. The standard InChI is InChI=1S/C15H13N3O2/c1-18-13-7-10(8-14(19)20)4-5-12(13)17-15(18)11-3-2-6-16-9-11/h2-7,9H,8H2,1H3,(H,19,20). The summed E-state index contributed by atoms with van der Waals surface area (Å²) in [5.41, 5.74) is 3.47. The van der Waals surface area contributed by atoms with E-state index >= 15 is 0 Å². The molecule has 2 aromatic heterocycles. The molecule has 3 rings (SSSR count). The van der Waals surface area contributed by atoms with Crippen LogP contribution >= 0.6 is 0 Å². The van der Waals surface area contributed by atoms with Crippen LogP contribution in [0.4, 0.5) is 0 Å². The minimum absolute atomic E-state index is 0.0172. The maximum atomic E-state index is 10.8. The summed E-state index contributed by atoms with van der Waals surface area (Å²) < 4.78 is 1.96. The van der Waals surface area contributed by atoms with Gasteiger partial charge in [0, 0.05) is 25.0 Å². The van der Waals surface area contributed by atoms with Crippen molar-refractivity contribution in [1.29, 1.82) is 0 Å². The van der Waals surface area contributed by atoms with Crippen molar-refractivity contribution in [1.82, 2.24) is 14.5 Å². The Labute approximate surface area is 115 Å². The SMILES string of the molecule is Cn1c(-c2cccnc2)nc2ccc(CC(=O)O)cc21. The van der Waals surface area contributed by atoms with Gasteiger partial charge < -0.3 is 9.67 Å². The second-order valence-corrected chi connectivity index (χ2v) is 4.63. The Hall–Kier alpha value is -2.69. The van der Waals surface area contributed by atoms with Crippen molar-refractivity contribution < 1.29 is 9.90 Å². The minimum atomic E-state index is -0.834. The molecule has 0 atom stereocenters. The maximum absolute atomic E-state index is 10.8. The molecule has 0 fully saturated rings. The van der Waals surface area contributed by atoms with Gasteiger partial charge in [0.1, 0.15) is 5.82 Å². The van der Waals surface area contributed by atoms with E-state index in [1.807, 2.05) is 35.9 Å². The largest absolute Gasteiger partial charge is 0.481 e. The molecule has 0 bridgehead atoms. The Balaban J connectivity index is 2.13. The Kier molecular flexibility index (Phi) is 2.95. The number of nitrogens with zero attached hydrogens (tertiary/aromatic N) is 3. The van der Waals surface area contributed by atoms with Crippen LogP contribution in [0.1, 0.15) is 5.56 Å². The number of aliphatic carboxylic acids is 1. The molecule has 0 aliphatic heterocycles. The van der Waals surface area contributed by atoms with Gasteiger partial charge in [-0.15, -0.1) is 0 Å². The number of imidazole rings is 1. The number of carboxylic acids is 1. The van der Waals surface area contributed by atoms with Crippen LogP contribution in [0.25, 0.3) is 22.4 Å². The first kappa shape index (κ1) is 12.3. The minimum Gasteiger partial charge on any atom is -0.481 e. The van der Waals surface area contributed by atoms with Gasteiger partial charge in [-0.2, -0.15) is 0 Å². The van der Waals surface area contributed by atoms with Crippen LogP contribution in [0.15, 0.2) is 42.7 Å². The van der Waals surface area contributed by atoms with Crippen molar-refractivity contribution in [3.63, 3.8) is 0 Å². The number of rotatable bonds is 3. The van der Waals surface area contributed by atoms with Crippen molar-refractivity contribution in [2.45, 2.75) is 6.42 Å². The van der Waals surface area contributed by atoms with Crippen molar-refractivity contribution >= 4 is 17.0 Å². The average molecular weight is 267 g/mol. The Bertz CT molecular complexity index is 778. The summed E-state index contributed by atoms with van der Waals surface area (Å²) in [6.45, 7) is 0. The van der Waals surface area contributed by atoms with E-state index in [2.05, 4.69) is 9.97 Å². The first-order chi connectivity index (χ1) is 9.65. The van der Waals surface area contributed by atoms with Crippen LogP contribution in [-0.4, -0.2) is 25.6 Å². The lowest BCUT2D eigenvalue weighted by Crippen LogP contribution is -2.00. The molecule has 3 aromatic rings. The number of hydrogen-bond donors (Lipinski definition) is 1.